The van der Waals surface area contributed by atoms with Crippen LogP contribution in [0.5, 0.6) is 0 Å². The van der Waals surface area contributed by atoms with Crippen LogP contribution < -0.4 is 5.73 Å². The smallest absolute Gasteiger partial charge is 0.307 e. The van der Waals surface area contributed by atoms with Gasteiger partial charge in [-0.3, -0.25) is 19.4 Å². The van der Waals surface area contributed by atoms with Gasteiger partial charge in [0.25, 0.3) is 5.91 Å². The molecule has 3 aromatic rings. The summed E-state index contributed by atoms with van der Waals surface area (Å²) in [6, 6.07) is 5.80. The highest BCUT2D eigenvalue weighted by Crippen LogP contribution is 2.43. The maximum absolute atomic E-state index is 12.9. The molecular formula is C34H37N5O5. The molecule has 228 valence electrons. The minimum Gasteiger partial charge on any atom is -0.481 e. The van der Waals surface area contributed by atoms with Gasteiger partial charge in [-0.1, -0.05) is 26.5 Å². The summed E-state index contributed by atoms with van der Waals surface area (Å²) in [5.74, 6) is -3.43. The summed E-state index contributed by atoms with van der Waals surface area (Å²) in [5, 5.41) is 19.6. The van der Waals surface area contributed by atoms with E-state index in [0.717, 1.165) is 51.1 Å². The number of carboxylic acid groups (broad SMARTS) is 2. The first kappa shape index (κ1) is 30.5. The normalized spacial score (nSPS) is 16.3. The summed E-state index contributed by atoms with van der Waals surface area (Å²) in [6.45, 7) is 13.8. The zero-order valence-corrected chi connectivity index (χ0v) is 25.6. The van der Waals surface area contributed by atoms with Gasteiger partial charge in [-0.15, -0.1) is 0 Å². The van der Waals surface area contributed by atoms with Gasteiger partial charge >= 0.3 is 11.9 Å². The van der Waals surface area contributed by atoms with Crippen molar-refractivity contribution in [3.8, 4) is 0 Å². The third-order valence-electron chi connectivity index (χ3n) is 8.98. The number of allylic oxidation sites excluding steroid dienone is 2. The number of nitrogens with one attached hydrogen (secondary N) is 2. The first-order valence-corrected chi connectivity index (χ1v) is 14.7. The number of carboxylic acids is 2. The molecule has 1 amide bonds. The SMILES string of the molecule is C=Cc1c(C)c2cc3nc(c(CC(=O)O)c4[nH]c(cc5nc(cc1[nH]2)C(C)=C5CC)c(C)c4C(N)=O)[C@@H](CCC(=O)O)[C@@H]3C. The van der Waals surface area contributed by atoms with Crippen molar-refractivity contribution < 1.29 is 24.6 Å². The molecule has 5 heterocycles. The average molecular weight is 596 g/mol. The predicted molar refractivity (Wildman–Crippen MR) is 171 cm³/mol. The van der Waals surface area contributed by atoms with E-state index in [-0.39, 0.29) is 29.8 Å². The second kappa shape index (κ2) is 11.6. The third-order valence-corrected chi connectivity index (χ3v) is 8.98. The topological polar surface area (TPSA) is 175 Å². The Bertz CT molecular complexity index is 1940. The Kier molecular flexibility index (Phi) is 8.03. The van der Waals surface area contributed by atoms with Crippen LogP contribution in [0.1, 0.15) is 107 Å². The highest BCUT2D eigenvalue weighted by Gasteiger charge is 2.33. The van der Waals surface area contributed by atoms with Gasteiger partial charge in [0.15, 0.2) is 0 Å². The molecule has 2 aliphatic rings. The fraction of sp³-hybridized carbons (Fsp3) is 0.324. The molecule has 0 radical (unpaired) electrons. The fourth-order valence-corrected chi connectivity index (χ4v) is 6.57. The van der Waals surface area contributed by atoms with Gasteiger partial charge in [0.2, 0.25) is 0 Å². The number of amides is 1. The van der Waals surface area contributed by atoms with Gasteiger partial charge < -0.3 is 25.9 Å². The quantitative estimate of drug-likeness (QED) is 0.200. The molecule has 0 aliphatic carbocycles. The lowest BCUT2D eigenvalue weighted by Crippen LogP contribution is -2.14. The number of carbonyl (C=O) groups excluding carboxylic acids is 1. The molecule has 5 rings (SSSR count). The number of rotatable bonds is 8. The first-order valence-electron chi connectivity index (χ1n) is 14.7. The number of primary amides is 1. The van der Waals surface area contributed by atoms with E-state index in [2.05, 4.69) is 23.5 Å². The number of hydrogen-bond donors (Lipinski definition) is 5. The maximum Gasteiger partial charge on any atom is 0.307 e. The van der Waals surface area contributed by atoms with Crippen LogP contribution >= 0.6 is 0 Å². The van der Waals surface area contributed by atoms with Crippen LogP contribution in [0.15, 0.2) is 24.8 Å². The molecule has 0 unspecified atom stereocenters. The minimum absolute atomic E-state index is 0.127. The number of aromatic nitrogens is 4. The highest BCUT2D eigenvalue weighted by atomic mass is 16.4. The number of fused-ring (bicyclic) bond motifs is 8. The lowest BCUT2D eigenvalue weighted by atomic mass is 9.85. The highest BCUT2D eigenvalue weighted by molar-refractivity contribution is 6.05. The number of aliphatic carboxylic acids is 2. The summed E-state index contributed by atoms with van der Waals surface area (Å²) in [4.78, 5) is 53.6. The Labute approximate surface area is 254 Å². The number of H-pyrrole nitrogens is 2. The third kappa shape index (κ3) is 5.21. The molecule has 10 heteroatoms. The van der Waals surface area contributed by atoms with Crippen LogP contribution in [0, 0.1) is 13.8 Å². The zero-order valence-electron chi connectivity index (χ0n) is 25.6. The molecule has 10 nitrogen and oxygen atoms in total. The van der Waals surface area contributed by atoms with Gasteiger partial charge in [-0.2, -0.15) is 0 Å². The van der Waals surface area contributed by atoms with E-state index in [0.29, 0.717) is 28.0 Å². The van der Waals surface area contributed by atoms with Crippen LogP contribution in [-0.4, -0.2) is 48.0 Å². The summed E-state index contributed by atoms with van der Waals surface area (Å²) in [5.41, 5.74) is 16.1. The van der Waals surface area contributed by atoms with Crippen molar-refractivity contribution in [2.24, 2.45) is 5.73 Å². The summed E-state index contributed by atoms with van der Waals surface area (Å²) < 4.78 is 0. The number of aryl methyl sites for hydroxylation is 2. The van der Waals surface area contributed by atoms with E-state index >= 15 is 0 Å². The van der Waals surface area contributed by atoms with Crippen molar-refractivity contribution in [3.63, 3.8) is 0 Å². The molecule has 0 saturated carbocycles. The number of carbonyl (C=O) groups is 3. The lowest BCUT2D eigenvalue weighted by molar-refractivity contribution is -0.138. The molecule has 0 saturated heterocycles. The summed E-state index contributed by atoms with van der Waals surface area (Å²) >= 11 is 0. The zero-order chi connectivity index (χ0) is 32.0. The van der Waals surface area contributed by atoms with Gasteiger partial charge in [0, 0.05) is 51.6 Å². The van der Waals surface area contributed by atoms with Crippen molar-refractivity contribution in [1.29, 1.82) is 0 Å². The molecule has 6 N–H and O–H groups in total. The monoisotopic (exact) mass is 595 g/mol. The summed E-state index contributed by atoms with van der Waals surface area (Å²) in [7, 11) is 0. The molecule has 0 spiro atoms. The number of nitrogens with two attached hydrogens (primary N) is 1. The van der Waals surface area contributed by atoms with Gasteiger partial charge in [0.05, 0.1) is 34.6 Å². The second-order valence-electron chi connectivity index (χ2n) is 11.5. The molecule has 0 fully saturated rings. The van der Waals surface area contributed by atoms with Crippen molar-refractivity contribution in [3.05, 3.63) is 75.4 Å². The predicted octanol–water partition coefficient (Wildman–Crippen LogP) is 6.39. The fourth-order valence-electron chi connectivity index (χ4n) is 6.57. The molecule has 0 aromatic carbocycles. The van der Waals surface area contributed by atoms with E-state index in [4.69, 9.17) is 15.7 Å². The van der Waals surface area contributed by atoms with E-state index < -0.39 is 30.2 Å². The molecule has 3 aromatic heterocycles. The van der Waals surface area contributed by atoms with E-state index in [9.17, 15) is 24.6 Å². The number of nitrogens with zero attached hydrogens (tertiary/aromatic N) is 2. The Morgan fingerprint density at radius 1 is 0.977 bits per heavy atom. The van der Waals surface area contributed by atoms with Crippen molar-refractivity contribution in [2.75, 3.05) is 0 Å². The standard InChI is InChI=1S/C34H37N5O5/c1-7-19-15(3)23-12-25-17(5)21(9-10-29(40)41)32(38-25)22(11-30(42)43)33-31(34(35)44)18(6)26(39-33)14-28-20(8-2)16(4)24(37-28)13-27(19)36-23/h7,12-14,17,21,36,39H,1,8-11H2,2-6H3,(H2,35,44)(H,40,41)(H,42,43)/t17-,21-/m0/s1. The average Bonchev–Trinajstić information content (AvgIpc) is 3.63. The summed E-state index contributed by atoms with van der Waals surface area (Å²) in [6.07, 6.45) is 2.19. The molecular weight excluding hydrogens is 558 g/mol. The Hall–Kier alpha value is -4.99. The lowest BCUT2D eigenvalue weighted by Gasteiger charge is -2.17. The van der Waals surface area contributed by atoms with Crippen molar-refractivity contribution in [1.82, 2.24) is 19.9 Å². The number of aromatic amines is 2. The Morgan fingerprint density at radius 3 is 2.27 bits per heavy atom. The molecule has 2 aliphatic heterocycles. The van der Waals surface area contributed by atoms with Gasteiger partial charge in [-0.05, 0) is 74.1 Å². The van der Waals surface area contributed by atoms with Crippen LogP contribution in [-0.2, 0) is 16.0 Å². The van der Waals surface area contributed by atoms with Gasteiger partial charge in [0.1, 0.15) is 0 Å². The number of hydrogen-bond acceptors (Lipinski definition) is 5. The van der Waals surface area contributed by atoms with E-state index in [1.165, 1.54) is 0 Å². The molecule has 2 atom stereocenters. The Balaban J connectivity index is 2.04. The minimum atomic E-state index is -1.12. The second-order valence-corrected chi connectivity index (χ2v) is 11.5. The molecule has 8 bridgehead atoms. The first-order chi connectivity index (χ1) is 20.9. The van der Waals surface area contributed by atoms with Crippen LogP contribution in [0.25, 0.3) is 39.3 Å². The van der Waals surface area contributed by atoms with E-state index in [1.54, 1.807) is 13.0 Å². The molecule has 44 heavy (non-hydrogen) atoms. The van der Waals surface area contributed by atoms with Crippen LogP contribution in [0.3, 0.4) is 0 Å². The Morgan fingerprint density at radius 2 is 1.66 bits per heavy atom. The van der Waals surface area contributed by atoms with Crippen molar-refractivity contribution in [2.45, 2.75) is 72.1 Å². The van der Waals surface area contributed by atoms with Gasteiger partial charge in [-0.25, -0.2) is 4.98 Å². The van der Waals surface area contributed by atoms with Crippen LogP contribution in [0.2, 0.25) is 0 Å². The largest absolute Gasteiger partial charge is 0.481 e. The van der Waals surface area contributed by atoms with E-state index in [1.807, 2.05) is 39.0 Å². The maximum atomic E-state index is 12.9. The van der Waals surface area contributed by atoms with Crippen molar-refractivity contribution >= 4 is 57.1 Å². The van der Waals surface area contributed by atoms with Crippen LogP contribution in [0.4, 0.5) is 0 Å².